The summed E-state index contributed by atoms with van der Waals surface area (Å²) in [5, 5.41) is 2.60. The molecule has 0 unspecified atom stereocenters. The molecule has 0 aromatic heterocycles. The Labute approximate surface area is 140 Å². The van der Waals surface area contributed by atoms with Crippen molar-refractivity contribution in [3.63, 3.8) is 0 Å². The van der Waals surface area contributed by atoms with Gasteiger partial charge in [0.25, 0.3) is 5.91 Å². The first-order valence-corrected chi connectivity index (χ1v) is 8.14. The van der Waals surface area contributed by atoms with Crippen LogP contribution < -0.4 is 10.2 Å². The van der Waals surface area contributed by atoms with E-state index in [4.69, 9.17) is 0 Å². The average Bonchev–Trinajstić information content (AvgIpc) is 2.58. The van der Waals surface area contributed by atoms with Crippen LogP contribution in [0, 0.1) is 17.6 Å². The molecular weight excluding hydrogens is 310 g/mol. The third-order valence-corrected chi connectivity index (χ3v) is 4.45. The van der Waals surface area contributed by atoms with Crippen LogP contribution >= 0.6 is 0 Å². The largest absolute Gasteiger partial charge is 0.372 e. The molecule has 0 atom stereocenters. The van der Waals surface area contributed by atoms with E-state index in [2.05, 4.69) is 17.1 Å². The summed E-state index contributed by atoms with van der Waals surface area (Å²) in [4.78, 5) is 14.4. The highest BCUT2D eigenvalue weighted by molar-refractivity contribution is 6.04. The molecule has 0 saturated carbocycles. The van der Waals surface area contributed by atoms with Gasteiger partial charge < -0.3 is 10.2 Å². The van der Waals surface area contributed by atoms with Crippen LogP contribution in [-0.4, -0.2) is 19.0 Å². The number of amides is 1. The molecule has 1 amide bonds. The van der Waals surface area contributed by atoms with Crippen molar-refractivity contribution in [2.24, 2.45) is 5.92 Å². The average molecular weight is 330 g/mol. The number of nitrogens with zero attached hydrogens (tertiary/aromatic N) is 1. The smallest absolute Gasteiger partial charge is 0.258 e. The maximum Gasteiger partial charge on any atom is 0.258 e. The highest BCUT2D eigenvalue weighted by Crippen LogP contribution is 2.24. The number of benzene rings is 2. The van der Waals surface area contributed by atoms with E-state index < -0.39 is 17.5 Å². The predicted octanol–water partition coefficient (Wildman–Crippen LogP) is 4.45. The molecule has 24 heavy (non-hydrogen) atoms. The van der Waals surface area contributed by atoms with Crippen molar-refractivity contribution in [2.75, 3.05) is 23.3 Å². The minimum absolute atomic E-state index is 0.302. The van der Waals surface area contributed by atoms with Gasteiger partial charge >= 0.3 is 0 Å². The van der Waals surface area contributed by atoms with Crippen molar-refractivity contribution in [2.45, 2.75) is 19.8 Å². The molecule has 3 rings (SSSR count). The lowest BCUT2D eigenvalue weighted by Crippen LogP contribution is -2.32. The zero-order chi connectivity index (χ0) is 17.1. The lowest BCUT2D eigenvalue weighted by atomic mass is 9.99. The van der Waals surface area contributed by atoms with Crippen LogP contribution in [0.5, 0.6) is 0 Å². The number of rotatable bonds is 3. The minimum atomic E-state index is -0.743. The Morgan fingerprint density at radius 2 is 1.75 bits per heavy atom. The molecule has 1 aliphatic heterocycles. The third kappa shape index (κ3) is 3.72. The lowest BCUT2D eigenvalue weighted by molar-refractivity contribution is 0.102. The number of halogens is 2. The summed E-state index contributed by atoms with van der Waals surface area (Å²) in [6, 6.07) is 10.3. The summed E-state index contributed by atoms with van der Waals surface area (Å²) < 4.78 is 26.8. The van der Waals surface area contributed by atoms with E-state index in [0.29, 0.717) is 5.69 Å². The Morgan fingerprint density at radius 1 is 1.08 bits per heavy atom. The Morgan fingerprint density at radius 3 is 2.42 bits per heavy atom. The Kier molecular flexibility index (Phi) is 4.79. The number of hydrogen-bond donors (Lipinski definition) is 1. The van der Waals surface area contributed by atoms with Gasteiger partial charge in [0.15, 0.2) is 0 Å². The lowest BCUT2D eigenvalue weighted by Gasteiger charge is -2.32. The molecule has 5 heteroatoms. The topological polar surface area (TPSA) is 32.3 Å². The monoisotopic (exact) mass is 330 g/mol. The van der Waals surface area contributed by atoms with Gasteiger partial charge in [0.1, 0.15) is 11.6 Å². The van der Waals surface area contributed by atoms with Gasteiger partial charge in [-0.1, -0.05) is 6.92 Å². The van der Waals surface area contributed by atoms with Crippen LogP contribution in [-0.2, 0) is 0 Å². The number of nitrogens with one attached hydrogen (secondary N) is 1. The van der Waals surface area contributed by atoms with E-state index in [9.17, 15) is 13.6 Å². The van der Waals surface area contributed by atoms with Gasteiger partial charge in [-0.25, -0.2) is 8.78 Å². The van der Waals surface area contributed by atoms with Crippen LogP contribution in [0.4, 0.5) is 20.2 Å². The summed E-state index contributed by atoms with van der Waals surface area (Å²) in [6.45, 7) is 4.32. The molecule has 1 N–H and O–H groups in total. The van der Waals surface area contributed by atoms with Gasteiger partial charge in [-0.3, -0.25) is 4.79 Å². The minimum Gasteiger partial charge on any atom is -0.372 e. The van der Waals surface area contributed by atoms with Crippen molar-refractivity contribution in [1.82, 2.24) is 0 Å². The fourth-order valence-corrected chi connectivity index (χ4v) is 2.89. The van der Waals surface area contributed by atoms with Gasteiger partial charge in [0.2, 0.25) is 0 Å². The maximum atomic E-state index is 13.6. The summed E-state index contributed by atoms with van der Waals surface area (Å²) in [5.41, 5.74) is 1.36. The fraction of sp³-hybridized carbons (Fsp3) is 0.316. The molecule has 126 valence electrons. The molecule has 3 nitrogen and oxygen atoms in total. The van der Waals surface area contributed by atoms with E-state index in [1.807, 2.05) is 12.1 Å². The van der Waals surface area contributed by atoms with Crippen LogP contribution in [0.15, 0.2) is 42.5 Å². The van der Waals surface area contributed by atoms with Gasteiger partial charge in [-0.05, 0) is 61.2 Å². The second-order valence-electron chi connectivity index (χ2n) is 6.29. The SMILES string of the molecule is CC1CCN(c2ccc(NC(=O)c3cc(F)ccc3F)cc2)CC1. The number of hydrogen-bond acceptors (Lipinski definition) is 2. The molecule has 1 heterocycles. The fourth-order valence-electron chi connectivity index (χ4n) is 2.89. The number of anilines is 2. The zero-order valence-corrected chi connectivity index (χ0v) is 13.6. The normalized spacial score (nSPS) is 15.4. The molecule has 0 spiro atoms. The summed E-state index contributed by atoms with van der Waals surface area (Å²) in [5.74, 6) is -1.28. The van der Waals surface area contributed by atoms with Crippen LogP contribution in [0.3, 0.4) is 0 Å². The van der Waals surface area contributed by atoms with Gasteiger partial charge in [-0.15, -0.1) is 0 Å². The Bertz CT molecular complexity index is 723. The Balaban J connectivity index is 1.68. The van der Waals surface area contributed by atoms with Crippen LogP contribution in [0.1, 0.15) is 30.1 Å². The van der Waals surface area contributed by atoms with Crippen molar-refractivity contribution >= 4 is 17.3 Å². The molecular formula is C19H20F2N2O. The summed E-state index contributed by atoms with van der Waals surface area (Å²) in [7, 11) is 0. The first-order chi connectivity index (χ1) is 11.5. The molecule has 1 aliphatic rings. The Hall–Kier alpha value is -2.43. The molecule has 0 bridgehead atoms. The number of carbonyl (C=O) groups is 1. The van der Waals surface area contributed by atoms with E-state index in [-0.39, 0.29) is 5.56 Å². The van der Waals surface area contributed by atoms with Crippen LogP contribution in [0.2, 0.25) is 0 Å². The number of piperidine rings is 1. The van der Waals surface area contributed by atoms with Crippen molar-refractivity contribution in [1.29, 1.82) is 0 Å². The second-order valence-corrected chi connectivity index (χ2v) is 6.29. The maximum absolute atomic E-state index is 13.6. The second kappa shape index (κ2) is 6.99. The van der Waals surface area contributed by atoms with E-state index in [0.717, 1.165) is 42.9 Å². The van der Waals surface area contributed by atoms with Gasteiger partial charge in [-0.2, -0.15) is 0 Å². The predicted molar refractivity (Wildman–Crippen MR) is 91.4 cm³/mol. The molecule has 0 radical (unpaired) electrons. The molecule has 0 aliphatic carbocycles. The summed E-state index contributed by atoms with van der Waals surface area (Å²) in [6.07, 6.45) is 2.36. The highest BCUT2D eigenvalue weighted by atomic mass is 19.1. The van der Waals surface area contributed by atoms with Crippen molar-refractivity contribution in [3.8, 4) is 0 Å². The number of carbonyl (C=O) groups excluding carboxylic acids is 1. The quantitative estimate of drug-likeness (QED) is 0.901. The molecule has 1 saturated heterocycles. The van der Waals surface area contributed by atoms with Crippen molar-refractivity contribution in [3.05, 3.63) is 59.7 Å². The summed E-state index contributed by atoms with van der Waals surface area (Å²) >= 11 is 0. The van der Waals surface area contributed by atoms with E-state index in [1.54, 1.807) is 12.1 Å². The first kappa shape index (κ1) is 16.4. The van der Waals surface area contributed by atoms with Gasteiger partial charge in [0.05, 0.1) is 5.56 Å². The first-order valence-electron chi connectivity index (χ1n) is 8.14. The third-order valence-electron chi connectivity index (χ3n) is 4.45. The molecule has 2 aromatic carbocycles. The molecule has 2 aromatic rings. The van der Waals surface area contributed by atoms with Gasteiger partial charge in [0, 0.05) is 24.5 Å². The molecule has 1 fully saturated rings. The van der Waals surface area contributed by atoms with E-state index >= 15 is 0 Å². The highest BCUT2D eigenvalue weighted by Gasteiger charge is 2.16. The zero-order valence-electron chi connectivity index (χ0n) is 13.6. The standard InChI is InChI=1S/C19H20F2N2O/c1-13-8-10-23(11-9-13)16-5-3-15(4-6-16)22-19(24)17-12-14(20)2-7-18(17)21/h2-7,12-13H,8-11H2,1H3,(H,22,24). The van der Waals surface area contributed by atoms with E-state index in [1.165, 1.54) is 12.8 Å². The van der Waals surface area contributed by atoms with Crippen LogP contribution in [0.25, 0.3) is 0 Å². The van der Waals surface area contributed by atoms with Crippen molar-refractivity contribution < 1.29 is 13.6 Å².